The van der Waals surface area contributed by atoms with Crippen molar-refractivity contribution in [3.63, 3.8) is 0 Å². The maximum Gasteiger partial charge on any atom is 0.316 e. The number of nitrogens with one attached hydrogen (secondary N) is 1. The molecule has 0 saturated carbocycles. The summed E-state index contributed by atoms with van der Waals surface area (Å²) >= 11 is 1.52. The van der Waals surface area contributed by atoms with Crippen molar-refractivity contribution in [1.29, 1.82) is 0 Å². The Morgan fingerprint density at radius 3 is 2.85 bits per heavy atom. The number of methoxy groups -OCH3 is 1. The fraction of sp³-hybridized carbons (Fsp3) is 0.533. The summed E-state index contributed by atoms with van der Waals surface area (Å²) in [7, 11) is 1.70. The van der Waals surface area contributed by atoms with E-state index in [1.807, 2.05) is 6.92 Å². The van der Waals surface area contributed by atoms with Crippen molar-refractivity contribution in [1.82, 2.24) is 5.32 Å². The van der Waals surface area contributed by atoms with Gasteiger partial charge in [-0.1, -0.05) is 12.1 Å². The number of benzene rings is 1. The van der Waals surface area contributed by atoms with Crippen LogP contribution in [0, 0.1) is 6.92 Å². The number of ether oxygens (including phenoxy) is 2. The molecule has 0 bridgehead atoms. The highest BCUT2D eigenvalue weighted by Crippen LogP contribution is 2.23. The molecule has 0 saturated heterocycles. The molecule has 0 radical (unpaired) electrons. The Labute approximate surface area is 125 Å². The zero-order valence-electron chi connectivity index (χ0n) is 12.4. The Bertz CT molecular complexity index is 424. The van der Waals surface area contributed by atoms with Gasteiger partial charge in [0, 0.05) is 25.1 Å². The van der Waals surface area contributed by atoms with Gasteiger partial charge in [0.25, 0.3) is 0 Å². The van der Waals surface area contributed by atoms with Gasteiger partial charge in [-0.2, -0.15) is 0 Å². The van der Waals surface area contributed by atoms with Gasteiger partial charge < -0.3 is 14.8 Å². The average molecular weight is 297 g/mol. The van der Waals surface area contributed by atoms with Crippen LogP contribution in [0.15, 0.2) is 23.1 Å². The van der Waals surface area contributed by atoms with Crippen LogP contribution in [0.25, 0.3) is 0 Å². The summed E-state index contributed by atoms with van der Waals surface area (Å²) in [6.07, 6.45) is 0. The minimum Gasteiger partial charge on any atom is -0.465 e. The van der Waals surface area contributed by atoms with Crippen LogP contribution < -0.4 is 5.32 Å². The fourth-order valence-corrected chi connectivity index (χ4v) is 2.54. The summed E-state index contributed by atoms with van der Waals surface area (Å²) in [5.74, 6) is 0.197. The second-order valence-corrected chi connectivity index (χ2v) is 5.38. The van der Waals surface area contributed by atoms with E-state index >= 15 is 0 Å². The normalized spacial score (nSPS) is 10.6. The van der Waals surface area contributed by atoms with Gasteiger partial charge in [-0.3, -0.25) is 4.79 Å². The van der Waals surface area contributed by atoms with Crippen LogP contribution in [0.2, 0.25) is 0 Å². The predicted octanol–water partition coefficient (Wildman–Crippen LogP) is 2.39. The lowest BCUT2D eigenvalue weighted by Crippen LogP contribution is -2.18. The Balaban J connectivity index is 2.44. The molecule has 0 spiro atoms. The third kappa shape index (κ3) is 6.41. The first-order chi connectivity index (χ1) is 9.67. The Morgan fingerprint density at radius 2 is 2.20 bits per heavy atom. The molecule has 0 aliphatic carbocycles. The summed E-state index contributed by atoms with van der Waals surface area (Å²) in [6.45, 7) is 6.70. The molecule has 5 heteroatoms. The lowest BCUT2D eigenvalue weighted by Gasteiger charge is -2.09. The first-order valence-corrected chi connectivity index (χ1v) is 7.73. The third-order valence-corrected chi connectivity index (χ3v) is 3.85. The van der Waals surface area contributed by atoms with Gasteiger partial charge in [0.1, 0.15) is 0 Å². The van der Waals surface area contributed by atoms with E-state index in [0.717, 1.165) is 18.0 Å². The molecule has 1 aromatic carbocycles. The highest BCUT2D eigenvalue weighted by atomic mass is 32.2. The number of esters is 1. The second-order valence-electron chi connectivity index (χ2n) is 4.36. The molecule has 20 heavy (non-hydrogen) atoms. The van der Waals surface area contributed by atoms with Gasteiger partial charge in [0.15, 0.2) is 0 Å². The SMILES string of the molecule is CCOC(=O)CSc1ccc(CNCCOC)cc1C. The first kappa shape index (κ1) is 17.0. The highest BCUT2D eigenvalue weighted by molar-refractivity contribution is 8.00. The molecule has 0 heterocycles. The Kier molecular flexibility index (Phi) is 8.34. The first-order valence-electron chi connectivity index (χ1n) is 6.75. The van der Waals surface area contributed by atoms with E-state index in [0.29, 0.717) is 19.0 Å². The van der Waals surface area contributed by atoms with Crippen molar-refractivity contribution in [3.05, 3.63) is 29.3 Å². The minimum atomic E-state index is -0.165. The maximum atomic E-state index is 11.3. The molecule has 0 aliphatic rings. The van der Waals surface area contributed by atoms with Crippen molar-refractivity contribution in [3.8, 4) is 0 Å². The molecular weight excluding hydrogens is 274 g/mol. The van der Waals surface area contributed by atoms with Crippen LogP contribution >= 0.6 is 11.8 Å². The van der Waals surface area contributed by atoms with E-state index < -0.39 is 0 Å². The van der Waals surface area contributed by atoms with Crippen molar-refractivity contribution < 1.29 is 14.3 Å². The zero-order chi connectivity index (χ0) is 14.8. The van der Waals surface area contributed by atoms with E-state index in [1.165, 1.54) is 22.9 Å². The molecule has 0 aliphatic heterocycles. The highest BCUT2D eigenvalue weighted by Gasteiger charge is 2.06. The summed E-state index contributed by atoms with van der Waals surface area (Å²) in [4.78, 5) is 12.5. The molecule has 1 N–H and O–H groups in total. The monoisotopic (exact) mass is 297 g/mol. The topological polar surface area (TPSA) is 47.6 Å². The van der Waals surface area contributed by atoms with Crippen LogP contribution in [-0.4, -0.2) is 38.6 Å². The van der Waals surface area contributed by atoms with Crippen LogP contribution in [0.5, 0.6) is 0 Å². The number of aryl methyl sites for hydroxylation is 1. The lowest BCUT2D eigenvalue weighted by atomic mass is 10.1. The van der Waals surface area contributed by atoms with Gasteiger partial charge in [0.05, 0.1) is 19.0 Å². The molecular formula is C15H23NO3S. The van der Waals surface area contributed by atoms with E-state index in [1.54, 1.807) is 7.11 Å². The van der Waals surface area contributed by atoms with Crippen molar-refractivity contribution in [2.24, 2.45) is 0 Å². The fourth-order valence-electron chi connectivity index (χ4n) is 1.73. The summed E-state index contributed by atoms with van der Waals surface area (Å²) < 4.78 is 9.91. The second kappa shape index (κ2) is 9.80. The van der Waals surface area contributed by atoms with Gasteiger partial charge in [-0.25, -0.2) is 0 Å². The number of thioether (sulfide) groups is 1. The summed E-state index contributed by atoms with van der Waals surface area (Å²) in [5.41, 5.74) is 2.42. The van der Waals surface area contributed by atoms with Crippen molar-refractivity contribution in [2.75, 3.05) is 32.6 Å². The number of carbonyl (C=O) groups is 1. The van der Waals surface area contributed by atoms with E-state index in [-0.39, 0.29) is 5.97 Å². The Hall–Kier alpha value is -1.04. The van der Waals surface area contributed by atoms with E-state index in [9.17, 15) is 4.79 Å². The zero-order valence-corrected chi connectivity index (χ0v) is 13.2. The molecule has 112 valence electrons. The molecule has 4 nitrogen and oxygen atoms in total. The summed E-state index contributed by atoms with van der Waals surface area (Å²) in [6, 6.07) is 6.29. The largest absolute Gasteiger partial charge is 0.465 e. The standard InChI is InChI=1S/C15H23NO3S/c1-4-19-15(17)11-20-14-6-5-13(9-12(14)2)10-16-7-8-18-3/h5-6,9,16H,4,7-8,10-11H2,1-3H3. The molecule has 0 atom stereocenters. The molecule has 0 aromatic heterocycles. The van der Waals surface area contributed by atoms with Crippen LogP contribution in [-0.2, 0) is 20.8 Å². The maximum absolute atomic E-state index is 11.3. The van der Waals surface area contributed by atoms with Gasteiger partial charge in [-0.05, 0) is 31.0 Å². The lowest BCUT2D eigenvalue weighted by molar-refractivity contribution is -0.139. The van der Waals surface area contributed by atoms with Crippen LogP contribution in [0.3, 0.4) is 0 Å². The molecule has 1 rings (SSSR count). The van der Waals surface area contributed by atoms with Crippen LogP contribution in [0.4, 0.5) is 0 Å². The molecule has 1 aromatic rings. The number of carbonyl (C=O) groups excluding carboxylic acids is 1. The summed E-state index contributed by atoms with van der Waals surface area (Å²) in [5, 5.41) is 3.31. The number of hydrogen-bond acceptors (Lipinski definition) is 5. The van der Waals surface area contributed by atoms with E-state index in [2.05, 4.69) is 30.4 Å². The third-order valence-electron chi connectivity index (χ3n) is 2.70. The predicted molar refractivity (Wildman–Crippen MR) is 82.1 cm³/mol. The number of rotatable bonds is 9. The van der Waals surface area contributed by atoms with Gasteiger partial charge >= 0.3 is 5.97 Å². The van der Waals surface area contributed by atoms with Gasteiger partial charge in [-0.15, -0.1) is 11.8 Å². The van der Waals surface area contributed by atoms with Gasteiger partial charge in [0.2, 0.25) is 0 Å². The average Bonchev–Trinajstić information content (AvgIpc) is 2.43. The number of hydrogen-bond donors (Lipinski definition) is 1. The Morgan fingerprint density at radius 1 is 1.40 bits per heavy atom. The molecule has 0 fully saturated rings. The van der Waals surface area contributed by atoms with Crippen molar-refractivity contribution >= 4 is 17.7 Å². The smallest absolute Gasteiger partial charge is 0.316 e. The van der Waals surface area contributed by atoms with Crippen molar-refractivity contribution in [2.45, 2.75) is 25.3 Å². The quantitative estimate of drug-likeness (QED) is 0.431. The molecule has 0 unspecified atom stereocenters. The van der Waals surface area contributed by atoms with Crippen LogP contribution in [0.1, 0.15) is 18.1 Å². The minimum absolute atomic E-state index is 0.165. The molecule has 0 amide bonds. The van der Waals surface area contributed by atoms with E-state index in [4.69, 9.17) is 9.47 Å².